The van der Waals surface area contributed by atoms with Crippen molar-refractivity contribution in [1.82, 2.24) is 0 Å². The molecule has 16 heavy (non-hydrogen) atoms. The van der Waals surface area contributed by atoms with Crippen LogP contribution < -0.4 is 0 Å². The Labute approximate surface area is 101 Å². The van der Waals surface area contributed by atoms with Gasteiger partial charge in [-0.25, -0.2) is 4.39 Å². The summed E-state index contributed by atoms with van der Waals surface area (Å²) in [6.45, 7) is 3.05. The van der Waals surface area contributed by atoms with Crippen LogP contribution in [0.25, 0.3) is 0 Å². The zero-order valence-corrected chi connectivity index (χ0v) is 10.5. The van der Waals surface area contributed by atoms with E-state index in [0.29, 0.717) is 0 Å². The molecule has 0 fully saturated rings. The van der Waals surface area contributed by atoms with Gasteiger partial charge in [-0.3, -0.25) is 4.79 Å². The number of carboxylic acid groups (broad SMARTS) is 1. The summed E-state index contributed by atoms with van der Waals surface area (Å²) in [7, 11) is 0. The number of hydrogen-bond donors (Lipinski definition) is 2. The summed E-state index contributed by atoms with van der Waals surface area (Å²) in [5.41, 5.74) is -0.783. The molecular formula is C11H12BrFO3. The number of carbonyl (C=O) groups is 1. The van der Waals surface area contributed by atoms with E-state index in [2.05, 4.69) is 15.9 Å². The highest BCUT2D eigenvalue weighted by Gasteiger charge is 2.29. The maximum absolute atomic E-state index is 13.7. The highest BCUT2D eigenvalue weighted by Crippen LogP contribution is 2.32. The van der Waals surface area contributed by atoms with Crippen molar-refractivity contribution in [3.05, 3.63) is 28.0 Å². The average Bonchev–Trinajstić information content (AvgIpc) is 2.19. The van der Waals surface area contributed by atoms with Gasteiger partial charge in [-0.05, 0) is 47.8 Å². The predicted molar refractivity (Wildman–Crippen MR) is 60.9 cm³/mol. The summed E-state index contributed by atoms with van der Waals surface area (Å²) in [4.78, 5) is 10.9. The molecule has 0 aliphatic rings. The molecule has 0 amide bonds. The fraction of sp³-hybridized carbons (Fsp3) is 0.364. The molecule has 3 nitrogen and oxygen atoms in total. The van der Waals surface area contributed by atoms with Crippen molar-refractivity contribution in [2.75, 3.05) is 0 Å². The van der Waals surface area contributed by atoms with E-state index in [0.717, 1.165) is 0 Å². The Hall–Kier alpha value is -1.10. The van der Waals surface area contributed by atoms with Crippen LogP contribution in [0.1, 0.15) is 19.4 Å². The number of hydrogen-bond acceptors (Lipinski definition) is 2. The van der Waals surface area contributed by atoms with Crippen LogP contribution in [0.5, 0.6) is 5.75 Å². The zero-order chi connectivity index (χ0) is 12.5. The van der Waals surface area contributed by atoms with Gasteiger partial charge in [0.1, 0.15) is 11.6 Å². The number of aliphatic carboxylic acids is 1. The van der Waals surface area contributed by atoms with Crippen LogP contribution in [0.3, 0.4) is 0 Å². The second-order valence-electron chi connectivity index (χ2n) is 4.24. The van der Waals surface area contributed by atoms with Gasteiger partial charge < -0.3 is 10.2 Å². The summed E-state index contributed by atoms with van der Waals surface area (Å²) in [5, 5.41) is 18.2. The van der Waals surface area contributed by atoms with E-state index < -0.39 is 17.2 Å². The molecule has 0 aliphatic heterocycles. The first-order valence-corrected chi connectivity index (χ1v) is 5.44. The smallest absolute Gasteiger partial charge is 0.309 e. The highest BCUT2D eigenvalue weighted by molar-refractivity contribution is 9.10. The minimum atomic E-state index is -1.04. The van der Waals surface area contributed by atoms with Crippen molar-refractivity contribution in [1.29, 1.82) is 0 Å². The van der Waals surface area contributed by atoms with Crippen LogP contribution in [0, 0.1) is 11.2 Å². The van der Waals surface area contributed by atoms with E-state index in [1.54, 1.807) is 0 Å². The van der Waals surface area contributed by atoms with Crippen LogP contribution in [0.2, 0.25) is 0 Å². The van der Waals surface area contributed by atoms with Crippen molar-refractivity contribution in [2.24, 2.45) is 5.41 Å². The summed E-state index contributed by atoms with van der Waals surface area (Å²) in [5.74, 6) is -1.81. The molecule has 0 heterocycles. The molecular weight excluding hydrogens is 279 g/mol. The number of phenolic OH excluding ortho intramolecular Hbond substituents is 1. The standard InChI is InChI=1S/C11H12BrFO3/c1-11(2,10(15)16)5-6-3-4-7(14)8(12)9(6)13/h3-4,14H,5H2,1-2H3,(H,15,16). The number of phenols is 1. The van der Waals surface area contributed by atoms with Gasteiger partial charge in [0.25, 0.3) is 0 Å². The number of rotatable bonds is 3. The molecule has 0 spiro atoms. The number of halogens is 2. The Morgan fingerprint density at radius 2 is 2.06 bits per heavy atom. The van der Waals surface area contributed by atoms with Gasteiger partial charge in [0.05, 0.1) is 9.89 Å². The van der Waals surface area contributed by atoms with Crippen molar-refractivity contribution in [3.8, 4) is 5.75 Å². The second-order valence-corrected chi connectivity index (χ2v) is 5.03. The molecule has 0 aliphatic carbocycles. The van der Waals surface area contributed by atoms with Crippen LogP contribution in [-0.2, 0) is 11.2 Å². The third kappa shape index (κ3) is 2.52. The van der Waals surface area contributed by atoms with Crippen molar-refractivity contribution < 1.29 is 19.4 Å². The zero-order valence-electron chi connectivity index (χ0n) is 8.92. The van der Waals surface area contributed by atoms with E-state index in [4.69, 9.17) is 5.11 Å². The normalized spacial score (nSPS) is 11.5. The second kappa shape index (κ2) is 4.41. The molecule has 1 rings (SSSR count). The molecule has 0 saturated heterocycles. The van der Waals surface area contributed by atoms with Gasteiger partial charge in [0.2, 0.25) is 0 Å². The third-order valence-corrected chi connectivity index (χ3v) is 3.11. The fourth-order valence-corrected chi connectivity index (χ4v) is 1.65. The summed E-state index contributed by atoms with van der Waals surface area (Å²) < 4.78 is 13.6. The maximum atomic E-state index is 13.7. The van der Waals surface area contributed by atoms with Crippen LogP contribution in [0.15, 0.2) is 16.6 Å². The van der Waals surface area contributed by atoms with E-state index in [9.17, 15) is 14.3 Å². The Kier molecular flexibility index (Phi) is 3.57. The predicted octanol–water partition coefficient (Wildman–Crippen LogP) is 2.95. The lowest BCUT2D eigenvalue weighted by atomic mass is 9.86. The molecule has 88 valence electrons. The maximum Gasteiger partial charge on any atom is 0.309 e. The third-order valence-electron chi connectivity index (χ3n) is 2.35. The lowest BCUT2D eigenvalue weighted by Crippen LogP contribution is -2.26. The van der Waals surface area contributed by atoms with E-state index in [1.807, 2.05) is 0 Å². The molecule has 1 aromatic rings. The molecule has 0 atom stereocenters. The topological polar surface area (TPSA) is 57.5 Å². The van der Waals surface area contributed by atoms with Crippen LogP contribution in [0.4, 0.5) is 4.39 Å². The van der Waals surface area contributed by atoms with Gasteiger partial charge in [-0.2, -0.15) is 0 Å². The molecule has 0 radical (unpaired) electrons. The van der Waals surface area contributed by atoms with Crippen molar-refractivity contribution in [3.63, 3.8) is 0 Å². The van der Waals surface area contributed by atoms with Gasteiger partial charge in [-0.1, -0.05) is 6.07 Å². The lowest BCUT2D eigenvalue weighted by molar-refractivity contribution is -0.146. The minimum Gasteiger partial charge on any atom is -0.507 e. The SMILES string of the molecule is CC(C)(Cc1ccc(O)c(Br)c1F)C(=O)O. The largest absolute Gasteiger partial charge is 0.507 e. The summed E-state index contributed by atoms with van der Waals surface area (Å²) in [6, 6.07) is 2.72. The molecule has 0 saturated carbocycles. The van der Waals surface area contributed by atoms with Gasteiger partial charge in [-0.15, -0.1) is 0 Å². The number of benzene rings is 1. The highest BCUT2D eigenvalue weighted by atomic mass is 79.9. The first kappa shape index (κ1) is 13.0. The molecule has 0 bridgehead atoms. The Morgan fingerprint density at radius 3 is 2.56 bits per heavy atom. The average molecular weight is 291 g/mol. The molecule has 2 N–H and O–H groups in total. The summed E-state index contributed by atoms with van der Waals surface area (Å²) in [6.07, 6.45) is 0.0625. The van der Waals surface area contributed by atoms with Crippen LogP contribution in [-0.4, -0.2) is 16.2 Å². The van der Waals surface area contributed by atoms with Gasteiger partial charge in [0, 0.05) is 0 Å². The first-order chi connectivity index (χ1) is 7.25. The number of aromatic hydroxyl groups is 1. The van der Waals surface area contributed by atoms with Gasteiger partial charge >= 0.3 is 5.97 Å². The van der Waals surface area contributed by atoms with E-state index in [1.165, 1.54) is 26.0 Å². The fourth-order valence-electron chi connectivity index (χ4n) is 1.27. The van der Waals surface area contributed by atoms with Crippen molar-refractivity contribution >= 4 is 21.9 Å². The monoisotopic (exact) mass is 290 g/mol. The number of carboxylic acids is 1. The quantitative estimate of drug-likeness (QED) is 0.900. The summed E-state index contributed by atoms with van der Waals surface area (Å²) >= 11 is 2.90. The van der Waals surface area contributed by atoms with Crippen molar-refractivity contribution in [2.45, 2.75) is 20.3 Å². The first-order valence-electron chi connectivity index (χ1n) is 4.65. The molecule has 5 heteroatoms. The Balaban J connectivity index is 3.08. The van der Waals surface area contributed by atoms with E-state index in [-0.39, 0.29) is 22.2 Å². The van der Waals surface area contributed by atoms with E-state index >= 15 is 0 Å². The van der Waals surface area contributed by atoms with Crippen LogP contribution >= 0.6 is 15.9 Å². The van der Waals surface area contributed by atoms with Gasteiger partial charge in [0.15, 0.2) is 0 Å². The Bertz CT molecular complexity index is 429. The lowest BCUT2D eigenvalue weighted by Gasteiger charge is -2.19. The Morgan fingerprint density at radius 1 is 1.50 bits per heavy atom. The molecule has 0 unspecified atom stereocenters. The minimum absolute atomic E-state index is 0.0359. The molecule has 1 aromatic carbocycles. The molecule has 0 aromatic heterocycles.